The molecule has 0 aromatic carbocycles. The summed E-state index contributed by atoms with van der Waals surface area (Å²) in [5, 5.41) is 6.03. The first kappa shape index (κ1) is 20.6. The Labute approximate surface area is 164 Å². The number of nitrogens with one attached hydrogen (secondary N) is 1. The standard InChI is InChI=1S/C14H15ClN2O2S.C4H9NO/c1-3-19-14(18)10-8(2)17-13(20)12(15)11(10)9-5-4-6-16-7-9;1-3-6-4-2-5-1/h4-7,11,17,20H,3H2,1-2H3;5H,1-4H2. The number of pyridine rings is 1. The van der Waals surface area contributed by atoms with Crippen molar-refractivity contribution in [3.63, 3.8) is 0 Å². The lowest BCUT2D eigenvalue weighted by molar-refractivity contribution is -0.670. The SMILES string of the molecule is C1COCC[NH2+]1.CCOC(=O)C1=C(C)NC([S-])=C(Cl)C1c1cccnc1. The molecule has 1 fully saturated rings. The topological polar surface area (TPSA) is 77.1 Å². The van der Waals surface area contributed by atoms with E-state index in [-0.39, 0.29) is 0 Å². The number of ether oxygens (including phenoxy) is 2. The van der Waals surface area contributed by atoms with Gasteiger partial charge in [-0.1, -0.05) is 22.7 Å². The van der Waals surface area contributed by atoms with Crippen LogP contribution >= 0.6 is 11.6 Å². The van der Waals surface area contributed by atoms with E-state index < -0.39 is 11.9 Å². The molecule has 0 bridgehead atoms. The highest BCUT2D eigenvalue weighted by Gasteiger charge is 2.31. The minimum Gasteiger partial charge on any atom is -0.761 e. The second-order valence-corrected chi connectivity index (χ2v) is 6.57. The Morgan fingerprint density at radius 1 is 1.50 bits per heavy atom. The molecular weight excluding hydrogens is 374 g/mol. The number of aromatic nitrogens is 1. The molecule has 2 aliphatic rings. The summed E-state index contributed by atoms with van der Waals surface area (Å²) >= 11 is 11.5. The molecule has 2 aliphatic heterocycles. The highest BCUT2D eigenvalue weighted by atomic mass is 35.5. The van der Waals surface area contributed by atoms with Crippen molar-refractivity contribution in [1.29, 1.82) is 0 Å². The molecule has 1 unspecified atom stereocenters. The molecule has 0 amide bonds. The lowest BCUT2D eigenvalue weighted by Gasteiger charge is -2.32. The first-order chi connectivity index (χ1) is 12.6. The first-order valence-electron chi connectivity index (χ1n) is 8.57. The minimum atomic E-state index is -0.432. The maximum absolute atomic E-state index is 12.2. The Balaban J connectivity index is 0.000000342. The Kier molecular flexibility index (Phi) is 8.31. The number of nitrogens with zero attached hydrogens (tertiary/aromatic N) is 1. The Morgan fingerprint density at radius 3 is 2.73 bits per heavy atom. The van der Waals surface area contributed by atoms with Gasteiger partial charge < -0.3 is 32.7 Å². The van der Waals surface area contributed by atoms with Crippen molar-refractivity contribution in [2.45, 2.75) is 19.8 Å². The number of hydrogen-bond acceptors (Lipinski definition) is 6. The first-order valence-corrected chi connectivity index (χ1v) is 9.35. The second kappa shape index (κ2) is 10.5. The van der Waals surface area contributed by atoms with Gasteiger partial charge in [0, 0.05) is 23.1 Å². The maximum atomic E-state index is 12.2. The fourth-order valence-electron chi connectivity index (χ4n) is 2.69. The number of hydrogen-bond donors (Lipinski definition) is 2. The molecule has 1 aromatic heterocycles. The van der Waals surface area contributed by atoms with Gasteiger partial charge in [0.25, 0.3) is 0 Å². The Morgan fingerprint density at radius 2 is 2.23 bits per heavy atom. The summed E-state index contributed by atoms with van der Waals surface area (Å²) in [6.45, 7) is 8.04. The smallest absolute Gasteiger partial charge is 0.336 e. The second-order valence-electron chi connectivity index (χ2n) is 5.76. The van der Waals surface area contributed by atoms with Crippen molar-refractivity contribution in [2.75, 3.05) is 32.9 Å². The zero-order chi connectivity index (χ0) is 18.9. The minimum absolute atomic E-state index is 0.303. The van der Waals surface area contributed by atoms with Crippen molar-refractivity contribution in [3.8, 4) is 0 Å². The number of esters is 1. The Hall–Kier alpha value is -1.67. The molecule has 3 rings (SSSR count). The van der Waals surface area contributed by atoms with Crippen LogP contribution < -0.4 is 10.6 Å². The van der Waals surface area contributed by atoms with Crippen LogP contribution in [0.25, 0.3) is 0 Å². The number of nitrogens with two attached hydrogens (primary N) is 1. The van der Waals surface area contributed by atoms with Gasteiger partial charge in [0.2, 0.25) is 0 Å². The van der Waals surface area contributed by atoms with Crippen LogP contribution in [-0.4, -0.2) is 43.9 Å². The van der Waals surface area contributed by atoms with E-state index >= 15 is 0 Å². The summed E-state index contributed by atoms with van der Waals surface area (Å²) in [5.74, 6) is -0.829. The zero-order valence-corrected chi connectivity index (χ0v) is 16.5. The number of carbonyl (C=O) groups excluding carboxylic acids is 1. The lowest BCUT2D eigenvalue weighted by Crippen LogP contribution is -2.87. The predicted octanol–water partition coefficient (Wildman–Crippen LogP) is 1.14. The third-order valence-electron chi connectivity index (χ3n) is 3.91. The number of carbonyl (C=O) groups is 1. The molecule has 1 saturated heterocycles. The number of morpholine rings is 1. The van der Waals surface area contributed by atoms with Crippen molar-refractivity contribution in [1.82, 2.24) is 10.3 Å². The zero-order valence-electron chi connectivity index (χ0n) is 15.0. The quantitative estimate of drug-likeness (QED) is 0.588. The fraction of sp³-hybridized carbons (Fsp3) is 0.444. The van der Waals surface area contributed by atoms with Gasteiger partial charge in [0.1, 0.15) is 0 Å². The van der Waals surface area contributed by atoms with E-state index in [2.05, 4.69) is 15.6 Å². The van der Waals surface area contributed by atoms with Gasteiger partial charge in [0.15, 0.2) is 0 Å². The highest BCUT2D eigenvalue weighted by molar-refractivity contribution is 7.63. The maximum Gasteiger partial charge on any atom is 0.336 e. The lowest BCUT2D eigenvalue weighted by atomic mass is 9.88. The monoisotopic (exact) mass is 397 g/mol. The molecule has 0 spiro atoms. The third kappa shape index (κ3) is 5.41. The normalized spacial score (nSPS) is 20.0. The third-order valence-corrected chi connectivity index (χ3v) is 4.75. The van der Waals surface area contributed by atoms with E-state index in [1.54, 1.807) is 32.3 Å². The van der Waals surface area contributed by atoms with E-state index in [0.717, 1.165) is 31.9 Å². The summed E-state index contributed by atoms with van der Waals surface area (Å²) in [7, 11) is 0. The van der Waals surface area contributed by atoms with Crippen LogP contribution in [0.3, 0.4) is 0 Å². The predicted molar refractivity (Wildman–Crippen MR) is 102 cm³/mol. The average molecular weight is 398 g/mol. The van der Waals surface area contributed by atoms with Gasteiger partial charge in [-0.2, -0.15) is 0 Å². The van der Waals surface area contributed by atoms with Crippen LogP contribution in [0.1, 0.15) is 25.3 Å². The van der Waals surface area contributed by atoms with Crippen molar-refractivity contribution in [3.05, 3.63) is 51.4 Å². The summed E-state index contributed by atoms with van der Waals surface area (Å²) in [6, 6.07) is 3.66. The van der Waals surface area contributed by atoms with Gasteiger partial charge in [-0.3, -0.25) is 4.98 Å². The molecule has 0 aliphatic carbocycles. The summed E-state index contributed by atoms with van der Waals surface area (Å²) < 4.78 is 10.2. The van der Waals surface area contributed by atoms with Crippen LogP contribution in [0, 0.1) is 0 Å². The summed E-state index contributed by atoms with van der Waals surface area (Å²) in [4.78, 5) is 16.3. The molecule has 26 heavy (non-hydrogen) atoms. The van der Waals surface area contributed by atoms with E-state index in [0.29, 0.717) is 27.9 Å². The molecule has 0 saturated carbocycles. The van der Waals surface area contributed by atoms with Crippen LogP contribution in [0.15, 0.2) is 45.9 Å². The summed E-state index contributed by atoms with van der Waals surface area (Å²) in [5.41, 5.74) is 1.94. The van der Waals surface area contributed by atoms with Crippen LogP contribution in [0.5, 0.6) is 0 Å². The molecule has 3 heterocycles. The van der Waals surface area contributed by atoms with Gasteiger partial charge in [0.05, 0.1) is 44.4 Å². The molecule has 1 atom stereocenters. The average Bonchev–Trinajstić information content (AvgIpc) is 2.67. The number of rotatable bonds is 3. The van der Waals surface area contributed by atoms with E-state index in [9.17, 15) is 4.79 Å². The van der Waals surface area contributed by atoms with Crippen molar-refractivity contribution < 1.29 is 19.6 Å². The molecule has 8 heteroatoms. The molecular formula is C18H24ClN3O3S. The van der Waals surface area contributed by atoms with E-state index in [4.69, 9.17) is 33.7 Å². The van der Waals surface area contributed by atoms with Crippen molar-refractivity contribution in [2.24, 2.45) is 0 Å². The highest BCUT2D eigenvalue weighted by Crippen LogP contribution is 2.39. The number of quaternary nitrogens is 1. The van der Waals surface area contributed by atoms with E-state index in [1.165, 1.54) is 0 Å². The molecule has 0 radical (unpaired) electrons. The molecule has 3 N–H and O–H groups in total. The molecule has 6 nitrogen and oxygen atoms in total. The number of halogens is 1. The fourth-order valence-corrected chi connectivity index (χ4v) is 3.24. The summed E-state index contributed by atoms with van der Waals surface area (Å²) in [6.07, 6.45) is 3.34. The van der Waals surface area contributed by atoms with Crippen LogP contribution in [-0.2, 0) is 26.9 Å². The van der Waals surface area contributed by atoms with Gasteiger partial charge in [-0.25, -0.2) is 4.79 Å². The van der Waals surface area contributed by atoms with Crippen molar-refractivity contribution >= 4 is 30.2 Å². The van der Waals surface area contributed by atoms with Gasteiger partial charge >= 0.3 is 5.97 Å². The Bertz CT molecular complexity index is 664. The van der Waals surface area contributed by atoms with Gasteiger partial charge in [-0.15, -0.1) is 0 Å². The van der Waals surface area contributed by atoms with Gasteiger partial charge in [-0.05, 0) is 25.5 Å². The van der Waals surface area contributed by atoms with E-state index in [1.807, 2.05) is 6.07 Å². The number of allylic oxidation sites excluding steroid dienone is 2. The van der Waals surface area contributed by atoms with Crippen LogP contribution in [0.2, 0.25) is 0 Å². The largest absolute Gasteiger partial charge is 0.761 e. The molecule has 142 valence electrons. The number of dihydropyridines is 1. The molecule has 1 aromatic rings. The van der Waals surface area contributed by atoms with Crippen LogP contribution in [0.4, 0.5) is 0 Å².